The summed E-state index contributed by atoms with van der Waals surface area (Å²) in [4.78, 5) is 48.8. The lowest BCUT2D eigenvalue weighted by Crippen LogP contribution is -2.43. The summed E-state index contributed by atoms with van der Waals surface area (Å²) >= 11 is 0. The van der Waals surface area contributed by atoms with E-state index in [-0.39, 0.29) is 18.3 Å². The topological polar surface area (TPSA) is 138 Å². The van der Waals surface area contributed by atoms with Gasteiger partial charge in [0.1, 0.15) is 0 Å². The van der Waals surface area contributed by atoms with E-state index in [1.165, 1.54) is 6.08 Å². The highest BCUT2D eigenvalue weighted by molar-refractivity contribution is 5.87. The molecule has 0 aliphatic carbocycles. The van der Waals surface area contributed by atoms with Crippen molar-refractivity contribution in [1.29, 1.82) is 0 Å². The molecule has 4 fully saturated rings. The first-order valence-electron chi connectivity index (χ1n) is 12.5. The van der Waals surface area contributed by atoms with Gasteiger partial charge in [-0.25, -0.2) is 0 Å². The van der Waals surface area contributed by atoms with Gasteiger partial charge in [0.25, 0.3) is 6.47 Å². The van der Waals surface area contributed by atoms with Gasteiger partial charge in [0, 0.05) is 65.3 Å². The zero-order valence-corrected chi connectivity index (χ0v) is 21.7. The van der Waals surface area contributed by atoms with E-state index in [0.29, 0.717) is 59.2 Å². The molecule has 0 aromatic rings. The third kappa shape index (κ3) is 15.3. The van der Waals surface area contributed by atoms with Gasteiger partial charge in [-0.3, -0.25) is 24.1 Å². The number of ether oxygens (including phenoxy) is 4. The Balaban J connectivity index is 0.000000280. The van der Waals surface area contributed by atoms with Crippen molar-refractivity contribution in [2.45, 2.75) is 6.42 Å². The normalized spacial score (nSPS) is 19.9. The molecule has 13 nitrogen and oxygen atoms in total. The zero-order chi connectivity index (χ0) is 27.1. The molecule has 212 valence electrons. The molecule has 37 heavy (non-hydrogen) atoms. The minimum Gasteiger partial charge on any atom is -0.483 e. The summed E-state index contributed by atoms with van der Waals surface area (Å²) in [6.07, 6.45) is 2.83. The number of carbonyl (C=O) groups excluding carboxylic acids is 3. The Morgan fingerprint density at radius 1 is 0.703 bits per heavy atom. The second-order valence-corrected chi connectivity index (χ2v) is 8.20. The number of hydrogen-bond acceptors (Lipinski definition) is 9. The summed E-state index contributed by atoms with van der Waals surface area (Å²) in [6, 6.07) is 0. The molecule has 13 heteroatoms. The quantitative estimate of drug-likeness (QED) is 0.340. The minimum absolute atomic E-state index is 0.00306. The van der Waals surface area contributed by atoms with Gasteiger partial charge in [-0.05, 0) is 6.08 Å². The van der Waals surface area contributed by atoms with Crippen LogP contribution in [0.25, 0.3) is 0 Å². The van der Waals surface area contributed by atoms with Crippen LogP contribution in [-0.4, -0.2) is 161 Å². The van der Waals surface area contributed by atoms with E-state index in [2.05, 4.69) is 11.5 Å². The Bertz CT molecular complexity index is 644. The van der Waals surface area contributed by atoms with Crippen molar-refractivity contribution < 1.29 is 43.2 Å². The first-order valence-corrected chi connectivity index (χ1v) is 12.5. The van der Waals surface area contributed by atoms with Crippen LogP contribution < -0.4 is 0 Å². The van der Waals surface area contributed by atoms with Crippen LogP contribution >= 0.6 is 0 Å². The molecule has 0 aromatic heterocycles. The number of carbonyl (C=O) groups is 4. The maximum Gasteiger partial charge on any atom is 0.290 e. The molecule has 0 unspecified atom stereocenters. The summed E-state index contributed by atoms with van der Waals surface area (Å²) in [5.74, 6) is 0.262. The molecule has 0 spiro atoms. The van der Waals surface area contributed by atoms with Crippen LogP contribution in [0, 0.1) is 0 Å². The van der Waals surface area contributed by atoms with Crippen molar-refractivity contribution >= 4 is 24.7 Å². The van der Waals surface area contributed by atoms with E-state index in [1.54, 1.807) is 9.80 Å². The third-order valence-electron chi connectivity index (χ3n) is 5.80. The maximum absolute atomic E-state index is 11.9. The Labute approximate surface area is 218 Å². The lowest BCUT2D eigenvalue weighted by atomic mass is 10.3. The first-order chi connectivity index (χ1) is 18.0. The van der Waals surface area contributed by atoms with Crippen LogP contribution in [0.4, 0.5) is 0 Å². The summed E-state index contributed by atoms with van der Waals surface area (Å²) in [6.45, 7) is 16.0. The van der Waals surface area contributed by atoms with Gasteiger partial charge in [-0.1, -0.05) is 6.58 Å². The van der Waals surface area contributed by atoms with E-state index in [0.717, 1.165) is 65.4 Å². The second kappa shape index (κ2) is 21.5. The van der Waals surface area contributed by atoms with Gasteiger partial charge >= 0.3 is 0 Å². The third-order valence-corrected chi connectivity index (χ3v) is 5.80. The largest absolute Gasteiger partial charge is 0.483 e. The summed E-state index contributed by atoms with van der Waals surface area (Å²) in [7, 11) is 0. The van der Waals surface area contributed by atoms with Crippen LogP contribution in [-0.2, 0) is 38.1 Å². The highest BCUT2D eigenvalue weighted by Crippen LogP contribution is 2.03. The predicted molar refractivity (Wildman–Crippen MR) is 134 cm³/mol. The van der Waals surface area contributed by atoms with Gasteiger partial charge < -0.3 is 38.8 Å². The molecule has 0 radical (unpaired) electrons. The molecular formula is C24H42N4O9. The van der Waals surface area contributed by atoms with Crippen LogP contribution in [0.1, 0.15) is 6.42 Å². The summed E-state index contributed by atoms with van der Waals surface area (Å²) < 4.78 is 20.6. The predicted octanol–water partition coefficient (Wildman–Crippen LogP) is -1.23. The second-order valence-electron chi connectivity index (χ2n) is 8.20. The molecule has 4 aliphatic rings. The fraction of sp³-hybridized carbons (Fsp3) is 0.750. The molecule has 0 aromatic carbocycles. The van der Waals surface area contributed by atoms with E-state index < -0.39 is 0 Å². The number of rotatable bonds is 5. The van der Waals surface area contributed by atoms with Crippen molar-refractivity contribution in [1.82, 2.24) is 19.6 Å². The molecule has 0 atom stereocenters. The maximum atomic E-state index is 11.9. The minimum atomic E-state index is -0.250. The summed E-state index contributed by atoms with van der Waals surface area (Å²) in [5.41, 5.74) is 0. The molecule has 1 N–H and O–H groups in total. The van der Waals surface area contributed by atoms with Crippen LogP contribution in [0.15, 0.2) is 12.7 Å². The molecule has 4 aliphatic heterocycles. The van der Waals surface area contributed by atoms with E-state index in [1.807, 2.05) is 4.90 Å². The molecule has 0 saturated carbocycles. The average Bonchev–Trinajstić information content (AvgIpc) is 2.98. The van der Waals surface area contributed by atoms with Gasteiger partial charge in [0.15, 0.2) is 0 Å². The molecule has 4 rings (SSSR count). The van der Waals surface area contributed by atoms with E-state index in [4.69, 9.17) is 28.8 Å². The molecule has 3 amide bonds. The molecule has 4 heterocycles. The lowest BCUT2D eigenvalue weighted by Gasteiger charge is -2.29. The average molecular weight is 531 g/mol. The zero-order valence-electron chi connectivity index (χ0n) is 21.7. The lowest BCUT2D eigenvalue weighted by molar-refractivity contribution is -0.136. The van der Waals surface area contributed by atoms with Gasteiger partial charge in [-0.2, -0.15) is 0 Å². The van der Waals surface area contributed by atoms with Crippen molar-refractivity contribution in [2.75, 3.05) is 112 Å². The van der Waals surface area contributed by atoms with Gasteiger partial charge in [-0.15, -0.1) is 0 Å². The highest BCUT2D eigenvalue weighted by Gasteiger charge is 2.18. The Kier molecular flexibility index (Phi) is 18.9. The van der Waals surface area contributed by atoms with Crippen LogP contribution in [0.3, 0.4) is 0 Å². The Hall–Kier alpha value is -2.58. The van der Waals surface area contributed by atoms with Crippen molar-refractivity contribution in [2.24, 2.45) is 0 Å². The fourth-order valence-electron chi connectivity index (χ4n) is 3.65. The fourth-order valence-corrected chi connectivity index (χ4v) is 3.65. The standard InChI is InChI=1S/C11H20N2O3.C7H11NO2.C5H9NO2.CH2O2/c14-11(13-5-9-16-10-6-13)1-2-12-3-7-15-8-4-12;1-2-7(9)8-3-5-10-6-4-8;7-5-6-1-3-8-4-2-6;2-1-3/h1-10H2;2H,1,3-6H2;5H,1-4H2;1H,(H,2,3). The van der Waals surface area contributed by atoms with Gasteiger partial charge in [0.05, 0.1) is 52.9 Å². The first kappa shape index (κ1) is 32.4. The van der Waals surface area contributed by atoms with Crippen molar-refractivity contribution in [3.05, 3.63) is 12.7 Å². The van der Waals surface area contributed by atoms with Crippen molar-refractivity contribution in [3.8, 4) is 0 Å². The monoisotopic (exact) mass is 530 g/mol. The SMILES string of the molecule is C=CC(=O)N1CCOCC1.O=C(CCN1CCOCC1)N1CCOCC1.O=CN1CCOCC1.O=CO. The Morgan fingerprint density at radius 2 is 1.11 bits per heavy atom. The van der Waals surface area contributed by atoms with Crippen molar-refractivity contribution in [3.63, 3.8) is 0 Å². The van der Waals surface area contributed by atoms with Gasteiger partial charge in [0.2, 0.25) is 18.2 Å². The van der Waals surface area contributed by atoms with Crippen LogP contribution in [0.5, 0.6) is 0 Å². The highest BCUT2D eigenvalue weighted by atomic mass is 16.5. The van der Waals surface area contributed by atoms with E-state index >= 15 is 0 Å². The number of amides is 3. The number of hydrogen-bond donors (Lipinski definition) is 1. The Morgan fingerprint density at radius 3 is 1.51 bits per heavy atom. The van der Waals surface area contributed by atoms with E-state index in [9.17, 15) is 14.4 Å². The number of morpholine rings is 4. The molecular weight excluding hydrogens is 488 g/mol. The molecule has 0 bridgehead atoms. The smallest absolute Gasteiger partial charge is 0.290 e. The number of nitrogens with zero attached hydrogens (tertiary/aromatic N) is 4. The summed E-state index contributed by atoms with van der Waals surface area (Å²) in [5, 5.41) is 6.89. The molecule has 4 saturated heterocycles. The number of carboxylic acid groups (broad SMARTS) is 1. The van der Waals surface area contributed by atoms with Crippen LogP contribution in [0.2, 0.25) is 0 Å².